The molecule has 0 amide bonds. The minimum absolute atomic E-state index is 0.0902. The van der Waals surface area contributed by atoms with Crippen molar-refractivity contribution in [2.75, 3.05) is 6.54 Å². The highest BCUT2D eigenvalue weighted by Gasteiger charge is 2.67. The molecule has 0 heterocycles. The van der Waals surface area contributed by atoms with E-state index in [1.807, 2.05) is 0 Å². The molecule has 0 spiro atoms. The van der Waals surface area contributed by atoms with Gasteiger partial charge in [0.05, 0.1) is 17.9 Å². The first-order valence-corrected chi connectivity index (χ1v) is 20.0. The summed E-state index contributed by atoms with van der Waals surface area (Å²) in [7, 11) is 0. The number of aliphatic carboxylic acids is 1. The van der Waals surface area contributed by atoms with Crippen LogP contribution in [0.15, 0.2) is 11.1 Å². The van der Waals surface area contributed by atoms with Crippen LogP contribution in [0.5, 0.6) is 0 Å². The van der Waals surface area contributed by atoms with Crippen molar-refractivity contribution in [1.82, 2.24) is 5.32 Å². The molecular formula is C42H67NO6. The smallest absolute Gasteiger partial charge is 0.309 e. The molecule has 7 nitrogen and oxygen atoms in total. The van der Waals surface area contributed by atoms with E-state index in [2.05, 4.69) is 46.9 Å². The van der Waals surface area contributed by atoms with Gasteiger partial charge in [-0.05, 0) is 124 Å². The van der Waals surface area contributed by atoms with Crippen LogP contribution in [0.25, 0.3) is 0 Å². The van der Waals surface area contributed by atoms with E-state index in [1.165, 1.54) is 37.7 Å². The van der Waals surface area contributed by atoms with Crippen molar-refractivity contribution in [1.29, 1.82) is 0 Å². The summed E-state index contributed by atoms with van der Waals surface area (Å²) in [4.78, 5) is 38.7. The number of aliphatic hydroxyl groups is 1. The number of carboxylic acid groups (broad SMARTS) is 1. The summed E-state index contributed by atoms with van der Waals surface area (Å²) in [5.41, 5.74) is 0.822. The van der Waals surface area contributed by atoms with Gasteiger partial charge < -0.3 is 20.3 Å². The van der Waals surface area contributed by atoms with Crippen LogP contribution in [-0.2, 0) is 19.1 Å². The van der Waals surface area contributed by atoms with Crippen molar-refractivity contribution in [2.24, 2.45) is 56.7 Å². The molecule has 6 rings (SSSR count). The van der Waals surface area contributed by atoms with Gasteiger partial charge in [0.2, 0.25) is 0 Å². The predicted octanol–water partition coefficient (Wildman–Crippen LogP) is 8.27. The Morgan fingerprint density at radius 2 is 1.55 bits per heavy atom. The molecule has 6 aliphatic rings. The van der Waals surface area contributed by atoms with Gasteiger partial charge >= 0.3 is 11.9 Å². The maximum atomic E-state index is 13.9. The van der Waals surface area contributed by atoms with Crippen LogP contribution in [0, 0.1) is 56.7 Å². The van der Waals surface area contributed by atoms with Gasteiger partial charge in [0, 0.05) is 29.8 Å². The maximum Gasteiger partial charge on any atom is 0.309 e. The average molecular weight is 682 g/mol. The second-order valence-corrected chi connectivity index (χ2v) is 19.7. The third-order valence-electron chi connectivity index (χ3n) is 15.9. The Kier molecular flexibility index (Phi) is 9.86. The van der Waals surface area contributed by atoms with E-state index in [-0.39, 0.29) is 40.5 Å². The lowest BCUT2D eigenvalue weighted by Gasteiger charge is -2.68. The van der Waals surface area contributed by atoms with Gasteiger partial charge in [0.25, 0.3) is 0 Å². The lowest BCUT2D eigenvalue weighted by atomic mass is 9.37. The molecule has 0 aliphatic heterocycles. The van der Waals surface area contributed by atoms with Crippen LogP contribution in [0.3, 0.4) is 0 Å². The van der Waals surface area contributed by atoms with Crippen molar-refractivity contribution in [3.05, 3.63) is 11.1 Å². The molecule has 5 fully saturated rings. The summed E-state index contributed by atoms with van der Waals surface area (Å²) in [6, 6.07) is 0.480. The van der Waals surface area contributed by atoms with Crippen molar-refractivity contribution in [3.8, 4) is 0 Å². The van der Waals surface area contributed by atoms with E-state index < -0.39 is 28.9 Å². The number of ketones is 1. The number of aliphatic hydroxyl groups excluding tert-OH is 1. The zero-order chi connectivity index (χ0) is 35.7. The van der Waals surface area contributed by atoms with E-state index in [4.69, 9.17) is 4.74 Å². The summed E-state index contributed by atoms with van der Waals surface area (Å²) in [6.07, 6.45) is 14.0. The van der Waals surface area contributed by atoms with E-state index in [0.717, 1.165) is 56.9 Å². The summed E-state index contributed by atoms with van der Waals surface area (Å²) in [5.74, 6) is 0.934. The summed E-state index contributed by atoms with van der Waals surface area (Å²) in [5, 5.41) is 25.4. The number of nitrogens with one attached hydrogen (secondary N) is 1. The molecule has 276 valence electrons. The molecule has 0 radical (unpaired) electrons. The van der Waals surface area contributed by atoms with Crippen molar-refractivity contribution in [2.45, 2.75) is 170 Å². The number of esters is 1. The van der Waals surface area contributed by atoms with Gasteiger partial charge in [0.15, 0.2) is 5.78 Å². The van der Waals surface area contributed by atoms with E-state index >= 15 is 0 Å². The number of ether oxygens (including phenoxy) is 1. The number of allylic oxidation sites excluding steroid dienone is 1. The van der Waals surface area contributed by atoms with Gasteiger partial charge in [-0.3, -0.25) is 14.4 Å². The summed E-state index contributed by atoms with van der Waals surface area (Å²) < 4.78 is 6.14. The van der Waals surface area contributed by atoms with Gasteiger partial charge in [-0.15, -0.1) is 0 Å². The maximum absolute atomic E-state index is 13.9. The molecule has 6 aliphatic carbocycles. The van der Waals surface area contributed by atoms with Crippen LogP contribution in [0.1, 0.15) is 152 Å². The third-order valence-corrected chi connectivity index (χ3v) is 15.9. The number of Topliss-reactive ketones (excluding diaryl/α,β-unsaturated/α-hetero) is 1. The number of carbonyl (C=O) groups excluding carboxylic acids is 2. The van der Waals surface area contributed by atoms with Gasteiger partial charge in [-0.25, -0.2) is 0 Å². The molecule has 0 unspecified atom stereocenters. The number of carboxylic acids is 1. The highest BCUT2D eigenvalue weighted by Crippen LogP contribution is 2.73. The fourth-order valence-electron chi connectivity index (χ4n) is 13.2. The predicted molar refractivity (Wildman–Crippen MR) is 192 cm³/mol. The lowest BCUT2D eigenvalue weighted by molar-refractivity contribution is -0.205. The van der Waals surface area contributed by atoms with Crippen LogP contribution in [0.2, 0.25) is 0 Å². The standard InChI is InChI=1S/C42H67NO6/c1-25(2)35-30(44)22-42(32(45)24-43-26-12-10-9-11-13-26)21-20-40(7)27-16-17-31-39(5,6)33(49-34(46)23-38(3,4)37(47)48)18-19-41(31,8)28(27)14-15-29(40)36(35)42/h25-29,31-33,43,45H,9-24H2,1-8H3,(H,47,48)/t27-,28+,29-,31+,32-,33+,40+,41-,42+/m1/s1. The Morgan fingerprint density at radius 3 is 2.20 bits per heavy atom. The molecule has 0 bridgehead atoms. The number of hydrogen-bond acceptors (Lipinski definition) is 6. The monoisotopic (exact) mass is 681 g/mol. The average Bonchev–Trinajstić information content (AvgIpc) is 3.34. The zero-order valence-corrected chi connectivity index (χ0v) is 32.0. The molecule has 9 atom stereocenters. The van der Waals surface area contributed by atoms with Crippen molar-refractivity contribution in [3.63, 3.8) is 0 Å². The second kappa shape index (κ2) is 13.0. The van der Waals surface area contributed by atoms with E-state index in [9.17, 15) is 24.6 Å². The first-order valence-electron chi connectivity index (χ1n) is 20.0. The highest BCUT2D eigenvalue weighted by atomic mass is 16.5. The SMILES string of the molecule is CC(C)C1=C2[C@H]3CC[C@H]4[C@@H](CC[C@H]5C(C)(C)[C@@H](OC(=O)CC(C)(C)C(=O)O)CC[C@]45C)[C@]3(C)CC[C@@]2([C@H](O)CNC2CCCCC2)CC1=O. The van der Waals surface area contributed by atoms with Crippen LogP contribution in [0.4, 0.5) is 0 Å². The molecule has 0 aromatic carbocycles. The first kappa shape index (κ1) is 37.0. The van der Waals surface area contributed by atoms with Crippen molar-refractivity contribution >= 4 is 17.7 Å². The van der Waals surface area contributed by atoms with E-state index in [1.54, 1.807) is 13.8 Å². The van der Waals surface area contributed by atoms with Crippen LogP contribution in [-0.4, -0.2) is 52.7 Å². The van der Waals surface area contributed by atoms with Crippen molar-refractivity contribution < 1.29 is 29.3 Å². The number of fused-ring (bicyclic) bond motifs is 7. The number of hydrogen-bond donors (Lipinski definition) is 3. The lowest BCUT2D eigenvalue weighted by Crippen LogP contribution is -2.62. The molecule has 0 aromatic rings. The normalized spacial score (nSPS) is 39.9. The number of carbonyl (C=O) groups is 3. The molecule has 49 heavy (non-hydrogen) atoms. The molecule has 0 saturated heterocycles. The Labute approximate surface area is 296 Å². The Balaban J connectivity index is 1.24. The molecule has 3 N–H and O–H groups in total. The molecule has 0 aromatic heterocycles. The molecule has 7 heteroatoms. The fourth-order valence-corrected chi connectivity index (χ4v) is 13.2. The number of rotatable bonds is 9. The Hall–Kier alpha value is -1.73. The topological polar surface area (TPSA) is 113 Å². The minimum atomic E-state index is -1.15. The quantitative estimate of drug-likeness (QED) is 0.210. The Bertz CT molecular complexity index is 1340. The molecular weight excluding hydrogens is 614 g/mol. The van der Waals surface area contributed by atoms with Gasteiger partial charge in [0.1, 0.15) is 6.10 Å². The highest BCUT2D eigenvalue weighted by molar-refractivity contribution is 6.00. The zero-order valence-electron chi connectivity index (χ0n) is 32.0. The summed E-state index contributed by atoms with van der Waals surface area (Å²) in [6.45, 7) is 17.8. The van der Waals surface area contributed by atoms with Crippen LogP contribution >= 0.6 is 0 Å². The summed E-state index contributed by atoms with van der Waals surface area (Å²) >= 11 is 0. The largest absolute Gasteiger partial charge is 0.481 e. The first-order chi connectivity index (χ1) is 22.9. The van der Waals surface area contributed by atoms with Crippen LogP contribution < -0.4 is 5.32 Å². The van der Waals surface area contributed by atoms with E-state index in [0.29, 0.717) is 42.7 Å². The third kappa shape index (κ3) is 6.07. The van der Waals surface area contributed by atoms with Gasteiger partial charge in [-0.1, -0.05) is 66.4 Å². The molecule has 5 saturated carbocycles. The van der Waals surface area contributed by atoms with Gasteiger partial charge in [-0.2, -0.15) is 0 Å². The Morgan fingerprint density at radius 1 is 0.898 bits per heavy atom. The minimum Gasteiger partial charge on any atom is -0.481 e. The fraction of sp³-hybridized carbons (Fsp3) is 0.881. The second-order valence-electron chi connectivity index (χ2n) is 19.7.